The Morgan fingerprint density at radius 1 is 1.24 bits per heavy atom. The molecule has 0 aliphatic carbocycles. The van der Waals surface area contributed by atoms with Crippen molar-refractivity contribution in [1.29, 1.82) is 0 Å². The summed E-state index contributed by atoms with van der Waals surface area (Å²) in [5.74, 6) is 0.267. The Labute approximate surface area is 103 Å². The first-order valence-electron chi connectivity index (χ1n) is 4.92. The van der Waals surface area contributed by atoms with Gasteiger partial charge in [0.2, 0.25) is 0 Å². The van der Waals surface area contributed by atoms with E-state index < -0.39 is 0 Å². The first-order valence-corrected chi connectivity index (χ1v) is 5.29. The first kappa shape index (κ1) is 11.7. The fourth-order valence-electron chi connectivity index (χ4n) is 1.44. The third-order valence-electron chi connectivity index (χ3n) is 2.32. The molecule has 1 aromatic heterocycles. The van der Waals surface area contributed by atoms with E-state index in [1.54, 1.807) is 13.8 Å². The number of nitrogens with zero attached hydrogens (tertiary/aromatic N) is 3. The lowest BCUT2D eigenvalue weighted by Crippen LogP contribution is -2.02. The minimum atomic E-state index is -0.369. The third kappa shape index (κ3) is 2.19. The average molecular weight is 253 g/mol. The maximum Gasteiger partial charge on any atom is 0.154 e. The van der Waals surface area contributed by atoms with Crippen molar-refractivity contribution in [3.05, 3.63) is 34.4 Å². The van der Waals surface area contributed by atoms with Crippen molar-refractivity contribution in [3.8, 4) is 11.3 Å². The Hall–Kier alpha value is -1.75. The van der Waals surface area contributed by atoms with Crippen molar-refractivity contribution in [3.63, 3.8) is 0 Å². The zero-order chi connectivity index (χ0) is 12.6. The maximum absolute atomic E-state index is 13.5. The van der Waals surface area contributed by atoms with Gasteiger partial charge in [-0.15, -0.1) is 10.2 Å². The lowest BCUT2D eigenvalue weighted by atomic mass is 10.1. The number of hydrogen-bond acceptors (Lipinski definition) is 4. The van der Waals surface area contributed by atoms with E-state index in [-0.39, 0.29) is 11.6 Å². The second-order valence-corrected chi connectivity index (χ2v) is 4.08. The highest BCUT2D eigenvalue weighted by Gasteiger charge is 2.13. The lowest BCUT2D eigenvalue weighted by molar-refractivity contribution is 0.619. The van der Waals surface area contributed by atoms with Gasteiger partial charge < -0.3 is 5.73 Å². The van der Waals surface area contributed by atoms with Gasteiger partial charge in [-0.2, -0.15) is 0 Å². The van der Waals surface area contributed by atoms with Gasteiger partial charge in [0.15, 0.2) is 5.82 Å². The van der Waals surface area contributed by atoms with Crippen LogP contribution in [0.4, 0.5) is 10.2 Å². The standard InChI is InChI=1S/C11H10ClFN4/c1-5-3-8(12)7(4-9(5)13)10-11(14)15-6(2)16-17-10/h3-4H,1-2H3,(H2,14,15,16). The first-order chi connectivity index (χ1) is 7.99. The zero-order valence-corrected chi connectivity index (χ0v) is 10.1. The summed E-state index contributed by atoms with van der Waals surface area (Å²) in [6, 6.07) is 2.81. The number of hydrogen-bond donors (Lipinski definition) is 1. The summed E-state index contributed by atoms with van der Waals surface area (Å²) in [5, 5.41) is 8.05. The third-order valence-corrected chi connectivity index (χ3v) is 2.64. The van der Waals surface area contributed by atoms with Gasteiger partial charge in [0, 0.05) is 5.56 Å². The van der Waals surface area contributed by atoms with Gasteiger partial charge in [-0.25, -0.2) is 9.37 Å². The molecule has 0 saturated carbocycles. The van der Waals surface area contributed by atoms with Crippen LogP contribution in [0, 0.1) is 19.7 Å². The van der Waals surface area contributed by atoms with Crippen LogP contribution in [0.15, 0.2) is 12.1 Å². The number of halogens is 2. The topological polar surface area (TPSA) is 64.7 Å². The minimum absolute atomic E-state index is 0.183. The molecule has 1 heterocycles. The maximum atomic E-state index is 13.5. The van der Waals surface area contributed by atoms with Crippen LogP contribution in [-0.4, -0.2) is 15.2 Å². The van der Waals surface area contributed by atoms with Crippen LogP contribution in [0.5, 0.6) is 0 Å². The smallest absolute Gasteiger partial charge is 0.154 e. The number of benzene rings is 1. The van der Waals surface area contributed by atoms with Crippen molar-refractivity contribution in [2.45, 2.75) is 13.8 Å². The molecule has 0 aliphatic rings. The van der Waals surface area contributed by atoms with Crippen molar-refractivity contribution < 1.29 is 4.39 Å². The molecule has 2 rings (SSSR count). The van der Waals surface area contributed by atoms with Crippen LogP contribution < -0.4 is 5.73 Å². The van der Waals surface area contributed by atoms with Crippen LogP contribution in [0.1, 0.15) is 11.4 Å². The molecule has 0 fully saturated rings. The molecule has 0 amide bonds. The Kier molecular flexibility index (Phi) is 2.93. The van der Waals surface area contributed by atoms with Crippen molar-refractivity contribution in [2.75, 3.05) is 5.73 Å². The van der Waals surface area contributed by atoms with E-state index in [0.717, 1.165) is 0 Å². The number of nitrogens with two attached hydrogens (primary N) is 1. The van der Waals surface area contributed by atoms with E-state index >= 15 is 0 Å². The van der Waals surface area contributed by atoms with E-state index in [2.05, 4.69) is 15.2 Å². The van der Waals surface area contributed by atoms with Crippen molar-refractivity contribution >= 4 is 17.4 Å². The summed E-state index contributed by atoms with van der Waals surface area (Å²) in [6.45, 7) is 3.30. The highest BCUT2D eigenvalue weighted by atomic mass is 35.5. The molecule has 2 N–H and O–H groups in total. The zero-order valence-electron chi connectivity index (χ0n) is 9.33. The molecule has 0 bridgehead atoms. The lowest BCUT2D eigenvalue weighted by Gasteiger charge is -2.07. The molecule has 4 nitrogen and oxygen atoms in total. The molecule has 0 atom stereocenters. The molecule has 0 unspecified atom stereocenters. The summed E-state index contributed by atoms with van der Waals surface area (Å²) in [4.78, 5) is 3.97. The van der Waals surface area contributed by atoms with Gasteiger partial charge in [0.25, 0.3) is 0 Å². The largest absolute Gasteiger partial charge is 0.382 e. The predicted octanol–water partition coefficient (Wildman–Crippen LogP) is 2.53. The van der Waals surface area contributed by atoms with E-state index in [9.17, 15) is 4.39 Å². The Bertz CT molecular complexity index is 586. The Balaban J connectivity index is 2.64. The molecule has 0 spiro atoms. The monoisotopic (exact) mass is 252 g/mol. The van der Waals surface area contributed by atoms with E-state index in [0.29, 0.717) is 27.7 Å². The second-order valence-electron chi connectivity index (χ2n) is 3.67. The normalized spacial score (nSPS) is 10.6. The van der Waals surface area contributed by atoms with Crippen LogP contribution in [0.3, 0.4) is 0 Å². The van der Waals surface area contributed by atoms with Crippen LogP contribution in [0.25, 0.3) is 11.3 Å². The fourth-order valence-corrected chi connectivity index (χ4v) is 1.75. The highest BCUT2D eigenvalue weighted by Crippen LogP contribution is 2.31. The number of nitrogen functional groups attached to an aromatic ring is 1. The van der Waals surface area contributed by atoms with Gasteiger partial charge in [-0.1, -0.05) is 11.6 Å². The van der Waals surface area contributed by atoms with Gasteiger partial charge in [-0.05, 0) is 31.5 Å². The molecule has 0 aliphatic heterocycles. The van der Waals surface area contributed by atoms with Gasteiger partial charge >= 0.3 is 0 Å². The van der Waals surface area contributed by atoms with Gasteiger partial charge in [0.1, 0.15) is 17.3 Å². The predicted molar refractivity (Wildman–Crippen MR) is 64.1 cm³/mol. The number of rotatable bonds is 1. The average Bonchev–Trinajstić information content (AvgIpc) is 2.24. The minimum Gasteiger partial charge on any atom is -0.382 e. The SMILES string of the molecule is Cc1nnc(-c2cc(F)c(C)cc2Cl)c(N)n1. The molecular weight excluding hydrogens is 243 g/mol. The summed E-state index contributed by atoms with van der Waals surface area (Å²) < 4.78 is 13.5. The fraction of sp³-hybridized carbons (Fsp3) is 0.182. The Morgan fingerprint density at radius 2 is 1.94 bits per heavy atom. The molecule has 0 radical (unpaired) electrons. The summed E-state index contributed by atoms with van der Waals surface area (Å²) in [6.07, 6.45) is 0. The molecule has 2 aromatic rings. The molecule has 17 heavy (non-hydrogen) atoms. The van der Waals surface area contributed by atoms with Crippen molar-refractivity contribution in [1.82, 2.24) is 15.2 Å². The van der Waals surface area contributed by atoms with E-state index in [1.807, 2.05) is 0 Å². The summed E-state index contributed by atoms with van der Waals surface area (Å²) in [5.41, 5.74) is 6.87. The summed E-state index contributed by atoms with van der Waals surface area (Å²) in [7, 11) is 0. The Morgan fingerprint density at radius 3 is 2.59 bits per heavy atom. The number of aromatic nitrogens is 3. The highest BCUT2D eigenvalue weighted by molar-refractivity contribution is 6.33. The van der Waals surface area contributed by atoms with Crippen LogP contribution >= 0.6 is 11.6 Å². The molecule has 1 aromatic carbocycles. The van der Waals surface area contributed by atoms with Crippen molar-refractivity contribution in [2.24, 2.45) is 0 Å². The number of anilines is 1. The van der Waals surface area contributed by atoms with Gasteiger partial charge in [0.05, 0.1) is 5.02 Å². The van der Waals surface area contributed by atoms with Gasteiger partial charge in [-0.3, -0.25) is 0 Å². The van der Waals surface area contributed by atoms with E-state index in [4.69, 9.17) is 17.3 Å². The molecular formula is C11H10ClFN4. The number of aryl methyl sites for hydroxylation is 2. The van der Waals surface area contributed by atoms with Crippen LogP contribution in [0.2, 0.25) is 5.02 Å². The van der Waals surface area contributed by atoms with Crippen LogP contribution in [-0.2, 0) is 0 Å². The molecule has 88 valence electrons. The quantitative estimate of drug-likeness (QED) is 0.847. The molecule has 0 saturated heterocycles. The summed E-state index contributed by atoms with van der Waals surface area (Å²) >= 11 is 6.03. The molecule has 6 heteroatoms. The second kappa shape index (κ2) is 4.25. The van der Waals surface area contributed by atoms with E-state index in [1.165, 1.54) is 12.1 Å².